The van der Waals surface area contributed by atoms with Crippen LogP contribution >= 0.6 is 0 Å². The molecule has 3 aliphatic carbocycles. The number of pyridine rings is 1. The van der Waals surface area contributed by atoms with E-state index in [2.05, 4.69) is 22.5 Å². The Labute approximate surface area is 238 Å². The van der Waals surface area contributed by atoms with Crippen LogP contribution < -0.4 is 10.6 Å². The molecule has 0 bridgehead atoms. The van der Waals surface area contributed by atoms with Gasteiger partial charge in [-0.1, -0.05) is 13.0 Å². The van der Waals surface area contributed by atoms with Crippen molar-refractivity contribution < 1.29 is 23.9 Å². The van der Waals surface area contributed by atoms with Crippen LogP contribution in [0.5, 0.6) is 0 Å². The maximum absolute atomic E-state index is 14.4. The number of benzene rings is 1. The number of amides is 5. The fourth-order valence-corrected chi connectivity index (χ4v) is 7.74. The Morgan fingerprint density at radius 2 is 1.90 bits per heavy atom. The van der Waals surface area contributed by atoms with Gasteiger partial charge < -0.3 is 20.3 Å². The number of hydrogen-bond acceptors (Lipinski definition) is 6. The number of aromatic nitrogens is 1. The predicted molar refractivity (Wildman–Crippen MR) is 149 cm³/mol. The van der Waals surface area contributed by atoms with Gasteiger partial charge in [0, 0.05) is 48.7 Å². The summed E-state index contributed by atoms with van der Waals surface area (Å²) in [6, 6.07) is 7.14. The number of nitrogens with zero attached hydrogens (tertiary/aromatic N) is 3. The summed E-state index contributed by atoms with van der Waals surface area (Å²) in [5.41, 5.74) is 2.38. The molecule has 10 nitrogen and oxygen atoms in total. The first-order valence-corrected chi connectivity index (χ1v) is 14.7. The summed E-state index contributed by atoms with van der Waals surface area (Å²) in [4.78, 5) is 60.9. The third kappa shape index (κ3) is 3.94. The Hall–Kier alpha value is -3.95. The molecule has 1 saturated heterocycles. The van der Waals surface area contributed by atoms with E-state index >= 15 is 0 Å². The summed E-state index contributed by atoms with van der Waals surface area (Å²) in [6.45, 7) is 2.18. The number of rotatable bonds is 4. The Balaban J connectivity index is 1.20. The zero-order valence-electron chi connectivity index (χ0n) is 23.4. The van der Waals surface area contributed by atoms with Crippen molar-refractivity contribution in [1.29, 1.82) is 0 Å². The van der Waals surface area contributed by atoms with Crippen LogP contribution in [0.4, 0.5) is 15.3 Å². The highest BCUT2D eigenvalue weighted by Crippen LogP contribution is 2.70. The number of anilines is 1. The summed E-state index contributed by atoms with van der Waals surface area (Å²) in [6.07, 6.45) is 8.92. The van der Waals surface area contributed by atoms with Gasteiger partial charge in [-0.05, 0) is 91.7 Å². The van der Waals surface area contributed by atoms with E-state index in [-0.39, 0.29) is 30.4 Å². The molecule has 3 fully saturated rings. The average molecular weight is 558 g/mol. The molecule has 2 unspecified atom stereocenters. The monoisotopic (exact) mass is 557 g/mol. The van der Waals surface area contributed by atoms with Gasteiger partial charge in [-0.15, -0.1) is 0 Å². The second kappa shape index (κ2) is 9.29. The normalized spacial score (nSPS) is 30.0. The van der Waals surface area contributed by atoms with Crippen LogP contribution in [0.25, 0.3) is 0 Å². The molecule has 3 heterocycles. The first kappa shape index (κ1) is 26.0. The van der Waals surface area contributed by atoms with E-state index in [1.54, 1.807) is 25.4 Å². The molecule has 4 atom stereocenters. The van der Waals surface area contributed by atoms with E-state index in [4.69, 9.17) is 4.74 Å². The number of carbonyl (C=O) groups is 4. The second-order valence-corrected chi connectivity index (χ2v) is 12.4. The minimum Gasteiger partial charge on any atom is -0.427 e. The van der Waals surface area contributed by atoms with Crippen molar-refractivity contribution in [2.75, 3.05) is 18.9 Å². The SMILES string of the molecule is CNC(=O)Nc1ccc2c(c1)CCC1(CC1C)[C@]21OC(=O)N(CC(=O)N2Cc3cnccc3CC[C@@H]2C2CC2)C1=O. The zero-order valence-corrected chi connectivity index (χ0v) is 23.4. The third-order valence-electron chi connectivity index (χ3n) is 10.2. The Morgan fingerprint density at radius 1 is 1.10 bits per heavy atom. The van der Waals surface area contributed by atoms with Gasteiger partial charge in [-0.3, -0.25) is 14.6 Å². The molecule has 7 rings (SSSR count). The summed E-state index contributed by atoms with van der Waals surface area (Å²) in [7, 11) is 1.54. The fraction of sp³-hybridized carbons (Fsp3) is 0.516. The van der Waals surface area contributed by atoms with Crippen LogP contribution in [-0.4, -0.2) is 58.4 Å². The maximum Gasteiger partial charge on any atom is 0.418 e. The molecule has 5 aliphatic rings. The van der Waals surface area contributed by atoms with Gasteiger partial charge in [0.2, 0.25) is 11.5 Å². The molecule has 0 radical (unpaired) electrons. The number of ether oxygens (including phenoxy) is 1. The quantitative estimate of drug-likeness (QED) is 0.591. The molecule has 2 saturated carbocycles. The Kier molecular flexibility index (Phi) is 5.89. The van der Waals surface area contributed by atoms with Crippen LogP contribution in [0.2, 0.25) is 0 Å². The largest absolute Gasteiger partial charge is 0.427 e. The molecule has 1 aromatic carbocycles. The summed E-state index contributed by atoms with van der Waals surface area (Å²) < 4.78 is 6.14. The number of nitrogens with one attached hydrogen (secondary N) is 2. The first-order valence-electron chi connectivity index (χ1n) is 14.7. The minimum atomic E-state index is -1.46. The summed E-state index contributed by atoms with van der Waals surface area (Å²) in [5, 5.41) is 5.32. The minimum absolute atomic E-state index is 0.0778. The molecule has 2 N–H and O–H groups in total. The van der Waals surface area contributed by atoms with Gasteiger partial charge in [0.1, 0.15) is 6.54 Å². The molecular formula is C31H35N5O5. The van der Waals surface area contributed by atoms with Crippen molar-refractivity contribution in [1.82, 2.24) is 20.1 Å². The van der Waals surface area contributed by atoms with Crippen LogP contribution in [0.1, 0.15) is 61.3 Å². The van der Waals surface area contributed by atoms with Gasteiger partial charge in [0.25, 0.3) is 5.91 Å². The van der Waals surface area contributed by atoms with Gasteiger partial charge in [0.15, 0.2) is 0 Å². The predicted octanol–water partition coefficient (Wildman–Crippen LogP) is 3.73. The van der Waals surface area contributed by atoms with Crippen LogP contribution in [0, 0.1) is 17.3 Å². The molecule has 2 aliphatic heterocycles. The molecule has 2 spiro atoms. The van der Waals surface area contributed by atoms with Crippen LogP contribution in [-0.2, 0) is 39.3 Å². The van der Waals surface area contributed by atoms with E-state index in [1.165, 1.54) is 5.56 Å². The molecule has 41 heavy (non-hydrogen) atoms. The van der Waals surface area contributed by atoms with Crippen molar-refractivity contribution >= 4 is 29.6 Å². The smallest absolute Gasteiger partial charge is 0.418 e. The lowest BCUT2D eigenvalue weighted by Gasteiger charge is -2.40. The van der Waals surface area contributed by atoms with Crippen molar-refractivity contribution in [2.45, 2.75) is 70.1 Å². The molecule has 214 valence electrons. The van der Waals surface area contributed by atoms with E-state index in [0.717, 1.165) is 48.1 Å². The van der Waals surface area contributed by atoms with Crippen molar-refractivity contribution in [3.05, 3.63) is 58.9 Å². The molecule has 2 aromatic rings. The lowest BCUT2D eigenvalue weighted by Crippen LogP contribution is -2.52. The first-order chi connectivity index (χ1) is 19.8. The fourth-order valence-electron chi connectivity index (χ4n) is 7.74. The van der Waals surface area contributed by atoms with Gasteiger partial charge in [0.05, 0.1) is 0 Å². The average Bonchev–Trinajstić information content (AvgIpc) is 3.89. The van der Waals surface area contributed by atoms with Gasteiger partial charge in [-0.25, -0.2) is 14.5 Å². The van der Waals surface area contributed by atoms with Gasteiger partial charge in [-0.2, -0.15) is 0 Å². The van der Waals surface area contributed by atoms with Crippen LogP contribution in [0.3, 0.4) is 0 Å². The maximum atomic E-state index is 14.4. The van der Waals surface area contributed by atoms with Crippen molar-refractivity contribution in [3.8, 4) is 0 Å². The van der Waals surface area contributed by atoms with Gasteiger partial charge >= 0.3 is 12.1 Å². The van der Waals surface area contributed by atoms with Crippen molar-refractivity contribution in [3.63, 3.8) is 0 Å². The number of urea groups is 1. The van der Waals surface area contributed by atoms with Crippen molar-refractivity contribution in [2.24, 2.45) is 17.3 Å². The summed E-state index contributed by atoms with van der Waals surface area (Å²) >= 11 is 0. The summed E-state index contributed by atoms with van der Waals surface area (Å²) in [5.74, 6) is -0.0409. The lowest BCUT2D eigenvalue weighted by molar-refractivity contribution is -0.149. The highest BCUT2D eigenvalue weighted by atomic mass is 16.6. The number of fused-ring (bicyclic) bond motifs is 4. The lowest BCUT2D eigenvalue weighted by atomic mass is 9.67. The number of imide groups is 1. The number of aryl methyl sites for hydroxylation is 2. The molecule has 10 heteroatoms. The van der Waals surface area contributed by atoms with Crippen LogP contribution in [0.15, 0.2) is 36.7 Å². The highest BCUT2D eigenvalue weighted by molar-refractivity contribution is 6.07. The third-order valence-corrected chi connectivity index (χ3v) is 10.2. The zero-order chi connectivity index (χ0) is 28.5. The highest BCUT2D eigenvalue weighted by Gasteiger charge is 2.76. The number of hydrogen-bond donors (Lipinski definition) is 2. The van der Waals surface area contributed by atoms with E-state index in [1.807, 2.05) is 23.2 Å². The molecular weight excluding hydrogens is 522 g/mol. The Morgan fingerprint density at radius 3 is 2.63 bits per heavy atom. The van der Waals surface area contributed by atoms with E-state index in [0.29, 0.717) is 36.6 Å². The molecule has 5 amide bonds. The topological polar surface area (TPSA) is 121 Å². The van der Waals surface area contributed by atoms with E-state index < -0.39 is 23.0 Å². The van der Waals surface area contributed by atoms with E-state index in [9.17, 15) is 19.2 Å². The standard InChI is InChI=1S/C31H35N5O5/c1-18-14-30(18)11-9-21-13-23(34-28(39)32-2)6-7-24(21)31(30)27(38)36(29(40)41-31)17-26(37)35-16-22-15-33-12-10-19(22)5-8-25(35)20-3-4-20/h6-7,10,12-13,15,18,20,25H,3-5,8-9,11,14,16-17H2,1-2H3,(H2,32,34,39)/t18?,25-,30?,31+/m1/s1. The molecule has 1 aromatic heterocycles. The second-order valence-electron chi connectivity index (χ2n) is 12.4. The Bertz CT molecular complexity index is 1470. The number of carbonyl (C=O) groups excluding carboxylic acids is 4.